The molecule has 1 atom stereocenters. The summed E-state index contributed by atoms with van der Waals surface area (Å²) < 4.78 is 7.53. The number of aromatic nitrogens is 3. The average Bonchev–Trinajstić information content (AvgIpc) is 3.13. The average molecular weight is 366 g/mol. The Bertz CT molecular complexity index is 665. The van der Waals surface area contributed by atoms with Crippen LogP contribution in [0.2, 0.25) is 0 Å². The maximum Gasteiger partial charge on any atom is 0.319 e. The molecule has 0 saturated heterocycles. The summed E-state index contributed by atoms with van der Waals surface area (Å²) in [4.78, 5) is 13.4. The van der Waals surface area contributed by atoms with Gasteiger partial charge in [0.15, 0.2) is 5.16 Å². The molecule has 0 radical (unpaired) electrons. The Morgan fingerprint density at radius 3 is 3.00 bits per heavy atom. The molecule has 2 heterocycles. The van der Waals surface area contributed by atoms with E-state index in [0.29, 0.717) is 12.6 Å². The molecule has 1 aliphatic rings. The number of hydrogen-bond acceptors (Lipinski definition) is 6. The minimum absolute atomic E-state index is 0.168. The van der Waals surface area contributed by atoms with Gasteiger partial charge in [-0.3, -0.25) is 4.79 Å². The molecule has 0 N–H and O–H groups in total. The summed E-state index contributed by atoms with van der Waals surface area (Å²) in [5, 5.41) is 11.4. The van der Waals surface area contributed by atoms with Crippen molar-refractivity contribution in [2.24, 2.45) is 0 Å². The second-order valence-electron chi connectivity index (χ2n) is 6.04. The van der Waals surface area contributed by atoms with Gasteiger partial charge >= 0.3 is 5.97 Å². The predicted octanol–water partition coefficient (Wildman–Crippen LogP) is 4.09. The highest BCUT2D eigenvalue weighted by Gasteiger charge is 2.31. The maximum atomic E-state index is 12.1. The zero-order valence-electron chi connectivity index (χ0n) is 14.1. The van der Waals surface area contributed by atoms with Crippen LogP contribution < -0.4 is 0 Å². The van der Waals surface area contributed by atoms with Gasteiger partial charge in [-0.05, 0) is 37.6 Å². The molecule has 0 aliphatic heterocycles. The van der Waals surface area contributed by atoms with Crippen LogP contribution in [0.4, 0.5) is 0 Å². The number of esters is 1. The first-order chi connectivity index (χ1) is 11.7. The third kappa shape index (κ3) is 4.39. The van der Waals surface area contributed by atoms with Gasteiger partial charge in [-0.1, -0.05) is 31.2 Å². The van der Waals surface area contributed by atoms with Gasteiger partial charge in [-0.2, -0.15) is 0 Å². The normalized spacial score (nSPS) is 15.4. The Balaban J connectivity index is 1.67. The molecule has 0 spiro atoms. The first-order valence-electron chi connectivity index (χ1n) is 8.48. The topological polar surface area (TPSA) is 57.0 Å². The van der Waals surface area contributed by atoms with Crippen molar-refractivity contribution in [1.82, 2.24) is 14.8 Å². The molecule has 24 heavy (non-hydrogen) atoms. The number of thioether (sulfide) groups is 1. The lowest BCUT2D eigenvalue weighted by Crippen LogP contribution is -2.18. The highest BCUT2D eigenvalue weighted by Crippen LogP contribution is 2.40. The molecule has 3 rings (SSSR count). The number of carbonyl (C=O) groups excluding carboxylic acids is 1. The maximum absolute atomic E-state index is 12.1. The number of thiophene rings is 1. The first kappa shape index (κ1) is 17.5. The van der Waals surface area contributed by atoms with Crippen molar-refractivity contribution in [3.63, 3.8) is 0 Å². The van der Waals surface area contributed by atoms with Gasteiger partial charge in [0, 0.05) is 17.3 Å². The zero-order chi connectivity index (χ0) is 16.9. The zero-order valence-corrected chi connectivity index (χ0v) is 15.7. The fourth-order valence-corrected chi connectivity index (χ4v) is 4.06. The predicted molar refractivity (Wildman–Crippen MR) is 96.6 cm³/mol. The fourth-order valence-electron chi connectivity index (χ4n) is 2.42. The van der Waals surface area contributed by atoms with Crippen LogP contribution in [0.15, 0.2) is 22.7 Å². The monoisotopic (exact) mass is 365 g/mol. The highest BCUT2D eigenvalue weighted by atomic mass is 32.2. The molecule has 7 heteroatoms. The molecular weight excluding hydrogens is 342 g/mol. The Labute approximate surface area is 150 Å². The van der Waals surface area contributed by atoms with E-state index in [-0.39, 0.29) is 11.2 Å². The van der Waals surface area contributed by atoms with E-state index >= 15 is 0 Å². The molecule has 1 aliphatic carbocycles. The molecule has 5 nitrogen and oxygen atoms in total. The van der Waals surface area contributed by atoms with Crippen LogP contribution in [0.25, 0.3) is 0 Å². The van der Waals surface area contributed by atoms with Crippen molar-refractivity contribution < 1.29 is 9.53 Å². The van der Waals surface area contributed by atoms with Gasteiger partial charge in [-0.15, -0.1) is 21.5 Å². The molecule has 2 aromatic rings. The smallest absolute Gasteiger partial charge is 0.319 e. The van der Waals surface area contributed by atoms with E-state index in [1.165, 1.54) is 29.5 Å². The molecule has 130 valence electrons. The standard InChI is InChI=1S/C17H23N3O2S2/c1-3-4-9-22-16(21)12(2)24-17-19-18-15(20(17)13-7-8-13)11-14-6-5-10-23-14/h5-6,10,12-13H,3-4,7-9,11H2,1-2H3. The molecule has 2 aromatic heterocycles. The van der Waals surface area contributed by atoms with Crippen LogP contribution in [-0.2, 0) is 16.0 Å². The summed E-state index contributed by atoms with van der Waals surface area (Å²) in [6.45, 7) is 4.46. The molecule has 1 unspecified atom stereocenters. The van der Waals surface area contributed by atoms with Crippen LogP contribution in [0.5, 0.6) is 0 Å². The summed E-state index contributed by atoms with van der Waals surface area (Å²) in [6, 6.07) is 4.67. The van der Waals surface area contributed by atoms with Gasteiger partial charge in [0.05, 0.1) is 6.61 Å². The number of hydrogen-bond donors (Lipinski definition) is 0. The minimum Gasteiger partial charge on any atom is -0.465 e. The first-order valence-corrected chi connectivity index (χ1v) is 10.2. The minimum atomic E-state index is -0.266. The van der Waals surface area contributed by atoms with Crippen molar-refractivity contribution in [2.45, 2.75) is 62.4 Å². The van der Waals surface area contributed by atoms with Crippen molar-refractivity contribution in [3.8, 4) is 0 Å². The number of ether oxygens (including phenoxy) is 1. The summed E-state index contributed by atoms with van der Waals surface area (Å²) in [5.74, 6) is 0.826. The lowest BCUT2D eigenvalue weighted by atomic mass is 10.3. The summed E-state index contributed by atoms with van der Waals surface area (Å²) in [6.07, 6.45) is 5.07. The van der Waals surface area contributed by atoms with Crippen LogP contribution >= 0.6 is 23.1 Å². The van der Waals surface area contributed by atoms with Crippen LogP contribution in [0.1, 0.15) is 56.3 Å². The van der Waals surface area contributed by atoms with E-state index < -0.39 is 0 Å². The molecule has 0 amide bonds. The van der Waals surface area contributed by atoms with Gasteiger partial charge in [0.1, 0.15) is 11.1 Å². The van der Waals surface area contributed by atoms with Crippen LogP contribution in [0.3, 0.4) is 0 Å². The van der Waals surface area contributed by atoms with Crippen molar-refractivity contribution >= 4 is 29.1 Å². The van der Waals surface area contributed by atoms with Gasteiger partial charge in [0.2, 0.25) is 0 Å². The third-order valence-corrected chi connectivity index (χ3v) is 5.83. The van der Waals surface area contributed by atoms with Crippen molar-refractivity contribution in [2.75, 3.05) is 6.61 Å². The Morgan fingerprint density at radius 1 is 1.50 bits per heavy atom. The number of rotatable bonds is 9. The van der Waals surface area contributed by atoms with E-state index in [0.717, 1.165) is 30.2 Å². The Kier molecular flexibility index (Phi) is 5.94. The van der Waals surface area contributed by atoms with E-state index in [1.807, 2.05) is 6.92 Å². The Hall–Kier alpha value is -1.34. The summed E-state index contributed by atoms with van der Waals surface area (Å²) in [7, 11) is 0. The second-order valence-corrected chi connectivity index (χ2v) is 8.38. The van der Waals surface area contributed by atoms with Crippen molar-refractivity contribution in [1.29, 1.82) is 0 Å². The van der Waals surface area contributed by atoms with E-state index in [1.54, 1.807) is 11.3 Å². The largest absolute Gasteiger partial charge is 0.465 e. The summed E-state index contributed by atoms with van der Waals surface area (Å²) >= 11 is 3.19. The quantitative estimate of drug-likeness (QED) is 0.380. The highest BCUT2D eigenvalue weighted by molar-refractivity contribution is 8.00. The Morgan fingerprint density at radius 2 is 2.33 bits per heavy atom. The van der Waals surface area contributed by atoms with Crippen LogP contribution in [0, 0.1) is 0 Å². The number of nitrogens with zero attached hydrogens (tertiary/aromatic N) is 3. The van der Waals surface area contributed by atoms with E-state index in [2.05, 4.69) is 39.2 Å². The number of carbonyl (C=O) groups is 1. The lowest BCUT2D eigenvalue weighted by molar-refractivity contribution is -0.142. The fraction of sp³-hybridized carbons (Fsp3) is 0.588. The molecule has 0 bridgehead atoms. The van der Waals surface area contributed by atoms with E-state index in [4.69, 9.17) is 4.74 Å². The molecule has 1 fully saturated rings. The van der Waals surface area contributed by atoms with E-state index in [9.17, 15) is 4.79 Å². The third-order valence-electron chi connectivity index (χ3n) is 3.92. The SMILES string of the molecule is CCCCOC(=O)C(C)Sc1nnc(Cc2cccs2)n1C1CC1. The van der Waals surface area contributed by atoms with Crippen LogP contribution in [-0.4, -0.2) is 32.6 Å². The lowest BCUT2D eigenvalue weighted by Gasteiger charge is -2.12. The molecule has 1 saturated carbocycles. The molecular formula is C17H23N3O2S2. The van der Waals surface area contributed by atoms with Gasteiger partial charge in [-0.25, -0.2) is 0 Å². The number of unbranched alkanes of at least 4 members (excludes halogenated alkanes) is 1. The second kappa shape index (κ2) is 8.16. The molecule has 0 aromatic carbocycles. The van der Waals surface area contributed by atoms with Crippen molar-refractivity contribution in [3.05, 3.63) is 28.2 Å². The van der Waals surface area contributed by atoms with Gasteiger partial charge < -0.3 is 9.30 Å². The summed E-state index contributed by atoms with van der Waals surface area (Å²) in [5.41, 5.74) is 0. The van der Waals surface area contributed by atoms with Gasteiger partial charge in [0.25, 0.3) is 0 Å².